The van der Waals surface area contributed by atoms with Gasteiger partial charge in [-0.25, -0.2) is 0 Å². The highest BCUT2D eigenvalue weighted by atomic mass is 32.1. The molecule has 0 unspecified atom stereocenters. The second-order valence-electron chi connectivity index (χ2n) is 7.43. The van der Waals surface area contributed by atoms with Crippen LogP contribution in [0.25, 0.3) is 16.5 Å². The number of thiophene rings is 1. The van der Waals surface area contributed by atoms with Crippen molar-refractivity contribution in [2.24, 2.45) is 0 Å². The van der Waals surface area contributed by atoms with Crippen LogP contribution in [0.3, 0.4) is 0 Å². The van der Waals surface area contributed by atoms with Crippen molar-refractivity contribution in [1.82, 2.24) is 9.58 Å². The molecule has 0 radical (unpaired) electrons. The van der Waals surface area contributed by atoms with Crippen LogP contribution in [0.15, 0.2) is 48.0 Å². The molecule has 3 aromatic rings. The standard InChI is InChI=1S/C23H27N3OS/c1-3-18(4-2)25-11-9-16(10-12-25)20-15-26(24)21-8-7-17(14-19(20)21)23(27)22-6-5-13-28-22/h5-9,13-15,18H,3-4,10-12,24H2,1-2H3. The summed E-state index contributed by atoms with van der Waals surface area (Å²) in [5.74, 6) is 6.29. The minimum Gasteiger partial charge on any atom is -0.339 e. The van der Waals surface area contributed by atoms with Gasteiger partial charge in [-0.05, 0) is 54.5 Å². The summed E-state index contributed by atoms with van der Waals surface area (Å²) in [5.41, 5.74) is 4.16. The Morgan fingerprint density at radius 2 is 2.07 bits per heavy atom. The van der Waals surface area contributed by atoms with Crippen molar-refractivity contribution in [2.45, 2.75) is 39.2 Å². The summed E-state index contributed by atoms with van der Waals surface area (Å²) in [5, 5.41) is 3.00. The van der Waals surface area contributed by atoms with Crippen molar-refractivity contribution >= 4 is 33.6 Å². The van der Waals surface area contributed by atoms with E-state index in [-0.39, 0.29) is 5.78 Å². The number of hydrogen-bond acceptors (Lipinski definition) is 4. The van der Waals surface area contributed by atoms with Crippen LogP contribution < -0.4 is 5.84 Å². The van der Waals surface area contributed by atoms with Crippen molar-refractivity contribution in [3.63, 3.8) is 0 Å². The molecule has 0 saturated carbocycles. The van der Waals surface area contributed by atoms with Gasteiger partial charge >= 0.3 is 0 Å². The quantitative estimate of drug-likeness (QED) is 0.477. The van der Waals surface area contributed by atoms with Gasteiger partial charge in [-0.15, -0.1) is 11.3 Å². The molecule has 5 heteroatoms. The zero-order valence-corrected chi connectivity index (χ0v) is 17.3. The molecule has 1 aromatic carbocycles. The van der Waals surface area contributed by atoms with Crippen LogP contribution in [0.2, 0.25) is 0 Å². The van der Waals surface area contributed by atoms with Gasteiger partial charge in [-0.1, -0.05) is 26.0 Å². The number of hydrogen-bond donors (Lipinski definition) is 1. The average Bonchev–Trinajstić information content (AvgIpc) is 3.37. The number of carbonyl (C=O) groups excluding carboxylic acids is 1. The summed E-state index contributed by atoms with van der Waals surface area (Å²) < 4.78 is 1.68. The highest BCUT2D eigenvalue weighted by molar-refractivity contribution is 7.12. The largest absolute Gasteiger partial charge is 0.339 e. The van der Waals surface area contributed by atoms with Gasteiger partial charge in [-0.3, -0.25) is 14.4 Å². The van der Waals surface area contributed by atoms with Crippen LogP contribution in [0.4, 0.5) is 0 Å². The van der Waals surface area contributed by atoms with E-state index < -0.39 is 0 Å². The highest BCUT2D eigenvalue weighted by Crippen LogP contribution is 2.32. The van der Waals surface area contributed by atoms with Crippen LogP contribution in [0, 0.1) is 0 Å². The molecule has 28 heavy (non-hydrogen) atoms. The van der Waals surface area contributed by atoms with E-state index in [1.54, 1.807) is 4.68 Å². The lowest BCUT2D eigenvalue weighted by Gasteiger charge is -2.33. The Morgan fingerprint density at radius 3 is 2.71 bits per heavy atom. The summed E-state index contributed by atoms with van der Waals surface area (Å²) in [6, 6.07) is 10.3. The van der Waals surface area contributed by atoms with Crippen LogP contribution in [0.1, 0.15) is 53.9 Å². The van der Waals surface area contributed by atoms with Crippen molar-refractivity contribution in [2.75, 3.05) is 18.9 Å². The lowest BCUT2D eigenvalue weighted by atomic mass is 9.96. The Hall–Kier alpha value is -2.37. The Balaban J connectivity index is 1.68. The normalized spacial score (nSPS) is 15.3. The third-order valence-corrected chi connectivity index (χ3v) is 6.75. The third kappa shape index (κ3) is 3.40. The van der Waals surface area contributed by atoms with Crippen LogP contribution >= 0.6 is 11.3 Å². The number of nitrogen functional groups attached to an aromatic ring is 1. The number of nitrogens with two attached hydrogens (primary N) is 1. The number of carbonyl (C=O) groups is 1. The van der Waals surface area contributed by atoms with Gasteiger partial charge in [0.05, 0.1) is 10.4 Å². The molecule has 0 saturated heterocycles. The highest BCUT2D eigenvalue weighted by Gasteiger charge is 2.21. The van der Waals surface area contributed by atoms with Crippen molar-refractivity contribution in [3.05, 3.63) is 64.0 Å². The lowest BCUT2D eigenvalue weighted by Crippen LogP contribution is -2.37. The van der Waals surface area contributed by atoms with E-state index in [0.29, 0.717) is 6.04 Å². The first-order valence-corrected chi connectivity index (χ1v) is 10.9. The fourth-order valence-corrected chi connectivity index (χ4v) is 4.95. The minimum absolute atomic E-state index is 0.0742. The molecule has 146 valence electrons. The van der Waals surface area contributed by atoms with Gasteiger partial charge < -0.3 is 5.84 Å². The third-order valence-electron chi connectivity index (χ3n) is 5.89. The smallest absolute Gasteiger partial charge is 0.202 e. The first-order valence-electron chi connectivity index (χ1n) is 10.0. The summed E-state index contributed by atoms with van der Waals surface area (Å²) in [4.78, 5) is 16.1. The Kier molecular flexibility index (Phi) is 5.38. The predicted molar refractivity (Wildman–Crippen MR) is 118 cm³/mol. The first kappa shape index (κ1) is 19.0. The molecule has 0 spiro atoms. The van der Waals surface area contributed by atoms with E-state index in [1.807, 2.05) is 41.9 Å². The number of fused-ring (bicyclic) bond motifs is 1. The minimum atomic E-state index is 0.0742. The molecule has 4 rings (SSSR count). The van der Waals surface area contributed by atoms with E-state index in [0.717, 1.165) is 46.4 Å². The predicted octanol–water partition coefficient (Wildman–Crippen LogP) is 4.93. The monoisotopic (exact) mass is 393 g/mol. The average molecular weight is 394 g/mol. The molecular formula is C23H27N3OS. The van der Waals surface area contributed by atoms with Gasteiger partial charge in [-0.2, -0.15) is 0 Å². The van der Waals surface area contributed by atoms with E-state index in [4.69, 9.17) is 5.84 Å². The van der Waals surface area contributed by atoms with E-state index in [2.05, 4.69) is 24.8 Å². The first-order chi connectivity index (χ1) is 13.6. The van der Waals surface area contributed by atoms with Crippen LogP contribution in [-0.4, -0.2) is 34.5 Å². The topological polar surface area (TPSA) is 51.3 Å². The lowest BCUT2D eigenvalue weighted by molar-refractivity contribution is 0.104. The van der Waals surface area contributed by atoms with Gasteiger partial charge in [0.25, 0.3) is 0 Å². The summed E-state index contributed by atoms with van der Waals surface area (Å²) >= 11 is 1.48. The molecular weight excluding hydrogens is 366 g/mol. The SMILES string of the molecule is CCC(CC)N1CC=C(c2cn(N)c3ccc(C(=O)c4cccs4)cc23)CC1. The van der Waals surface area contributed by atoms with Crippen molar-refractivity contribution in [1.29, 1.82) is 0 Å². The maximum Gasteiger partial charge on any atom is 0.202 e. The molecule has 1 aliphatic rings. The number of ketones is 1. The van der Waals surface area contributed by atoms with E-state index in [1.165, 1.54) is 29.8 Å². The fraction of sp³-hybridized carbons (Fsp3) is 0.348. The summed E-state index contributed by atoms with van der Waals surface area (Å²) in [6.07, 6.45) is 7.73. The number of nitrogens with zero attached hydrogens (tertiary/aromatic N) is 2. The summed E-state index contributed by atoms with van der Waals surface area (Å²) in [7, 11) is 0. The zero-order chi connectivity index (χ0) is 19.7. The zero-order valence-electron chi connectivity index (χ0n) is 16.5. The second kappa shape index (κ2) is 7.94. The molecule has 0 amide bonds. The molecule has 1 aliphatic heterocycles. The molecule has 2 N–H and O–H groups in total. The Labute approximate surface area is 170 Å². The van der Waals surface area contributed by atoms with Gasteiger partial charge in [0.1, 0.15) is 0 Å². The van der Waals surface area contributed by atoms with Gasteiger partial charge in [0.15, 0.2) is 0 Å². The molecule has 0 bridgehead atoms. The van der Waals surface area contributed by atoms with Crippen molar-refractivity contribution in [3.8, 4) is 0 Å². The molecule has 0 atom stereocenters. The van der Waals surface area contributed by atoms with E-state index in [9.17, 15) is 4.79 Å². The van der Waals surface area contributed by atoms with Gasteiger partial charge in [0, 0.05) is 41.8 Å². The van der Waals surface area contributed by atoms with E-state index >= 15 is 0 Å². The Morgan fingerprint density at radius 1 is 1.25 bits per heavy atom. The fourth-order valence-electron chi connectivity index (χ4n) is 4.27. The van der Waals surface area contributed by atoms with Crippen molar-refractivity contribution < 1.29 is 4.79 Å². The maximum absolute atomic E-state index is 12.8. The molecule has 2 aromatic heterocycles. The Bertz CT molecular complexity index is 1010. The number of rotatable bonds is 6. The second-order valence-corrected chi connectivity index (χ2v) is 8.38. The molecule has 0 fully saturated rings. The van der Waals surface area contributed by atoms with Crippen LogP contribution in [0.5, 0.6) is 0 Å². The van der Waals surface area contributed by atoms with Gasteiger partial charge in [0.2, 0.25) is 5.78 Å². The summed E-state index contributed by atoms with van der Waals surface area (Å²) in [6.45, 7) is 6.58. The van der Waals surface area contributed by atoms with Crippen LogP contribution in [-0.2, 0) is 0 Å². The molecule has 0 aliphatic carbocycles. The maximum atomic E-state index is 12.8. The molecule has 3 heterocycles. The molecule has 4 nitrogen and oxygen atoms in total. The number of aromatic nitrogens is 1. The number of benzene rings is 1.